The summed E-state index contributed by atoms with van der Waals surface area (Å²) in [4.78, 5) is 2.35. The minimum absolute atomic E-state index is 0.347. The van der Waals surface area contributed by atoms with Gasteiger partial charge in [0, 0.05) is 19.1 Å². The van der Waals surface area contributed by atoms with Crippen molar-refractivity contribution in [1.82, 2.24) is 4.90 Å². The van der Waals surface area contributed by atoms with Crippen LogP contribution in [0.15, 0.2) is 10.6 Å². The second kappa shape index (κ2) is 5.96. The van der Waals surface area contributed by atoms with E-state index in [9.17, 15) is 0 Å². The largest absolute Gasteiger partial charge is 0.329 e. The van der Waals surface area contributed by atoms with E-state index >= 15 is 0 Å². The zero-order chi connectivity index (χ0) is 10.6. The van der Waals surface area contributed by atoms with Gasteiger partial charge in [0.25, 0.3) is 0 Å². The third kappa shape index (κ3) is 3.77. The van der Waals surface area contributed by atoms with E-state index in [4.69, 9.17) is 28.9 Å². The zero-order valence-corrected chi connectivity index (χ0v) is 10.1. The summed E-state index contributed by atoms with van der Waals surface area (Å²) in [7, 11) is 0. The molecule has 1 aliphatic heterocycles. The molecule has 2 atom stereocenters. The van der Waals surface area contributed by atoms with Crippen LogP contribution in [0.4, 0.5) is 0 Å². The average Bonchev–Trinajstić information content (AvgIpc) is 2.15. The maximum atomic E-state index is 5.73. The lowest BCUT2D eigenvalue weighted by Gasteiger charge is -2.37. The third-order valence-corrected chi connectivity index (χ3v) is 3.16. The normalized spacial score (nSPS) is 28.9. The van der Waals surface area contributed by atoms with E-state index in [1.165, 1.54) is 12.8 Å². The highest BCUT2D eigenvalue weighted by Gasteiger charge is 2.24. The molecule has 2 N–H and O–H groups in total. The summed E-state index contributed by atoms with van der Waals surface area (Å²) in [6.07, 6.45) is 4.26. The fourth-order valence-electron chi connectivity index (χ4n) is 1.97. The number of nitrogens with two attached hydrogens (primary N) is 1. The Bertz CT molecular complexity index is 202. The first-order valence-electron chi connectivity index (χ1n) is 5.08. The number of rotatable bonds is 3. The Balaban J connectivity index is 2.46. The van der Waals surface area contributed by atoms with Crippen molar-refractivity contribution in [2.75, 3.05) is 19.6 Å². The fourth-order valence-corrected chi connectivity index (χ4v) is 2.11. The van der Waals surface area contributed by atoms with Gasteiger partial charge in [-0.05, 0) is 31.4 Å². The van der Waals surface area contributed by atoms with Gasteiger partial charge in [-0.15, -0.1) is 0 Å². The van der Waals surface area contributed by atoms with Crippen LogP contribution in [0.2, 0.25) is 0 Å². The number of likely N-dealkylation sites (tertiary alicyclic amines) is 1. The molecule has 2 unspecified atom stereocenters. The van der Waals surface area contributed by atoms with Crippen LogP contribution >= 0.6 is 23.2 Å². The molecule has 2 nitrogen and oxygen atoms in total. The Morgan fingerprint density at radius 1 is 1.57 bits per heavy atom. The second-order valence-corrected chi connectivity index (χ2v) is 5.02. The lowest BCUT2D eigenvalue weighted by Crippen LogP contribution is -2.46. The summed E-state index contributed by atoms with van der Waals surface area (Å²) < 4.78 is 0.347. The van der Waals surface area contributed by atoms with Gasteiger partial charge < -0.3 is 5.73 Å². The molecule has 0 amide bonds. The molecule has 1 heterocycles. The van der Waals surface area contributed by atoms with Gasteiger partial charge in [-0.3, -0.25) is 4.90 Å². The van der Waals surface area contributed by atoms with Crippen molar-refractivity contribution < 1.29 is 0 Å². The average molecular weight is 237 g/mol. The number of hydrogen-bond acceptors (Lipinski definition) is 2. The summed E-state index contributed by atoms with van der Waals surface area (Å²) in [5, 5.41) is 0. The molecule has 0 aliphatic carbocycles. The van der Waals surface area contributed by atoms with Crippen molar-refractivity contribution in [1.29, 1.82) is 0 Å². The van der Waals surface area contributed by atoms with Crippen molar-refractivity contribution in [3.8, 4) is 0 Å². The van der Waals surface area contributed by atoms with Gasteiger partial charge in [0.1, 0.15) is 4.49 Å². The first-order valence-corrected chi connectivity index (χ1v) is 5.84. The Labute approximate surface area is 96.0 Å². The van der Waals surface area contributed by atoms with Crippen molar-refractivity contribution in [3.63, 3.8) is 0 Å². The molecule has 0 aromatic rings. The van der Waals surface area contributed by atoms with Gasteiger partial charge in [0.15, 0.2) is 0 Å². The summed E-state index contributed by atoms with van der Waals surface area (Å²) in [6.45, 7) is 4.92. The SMILES string of the molecule is CC1CCN(CC=C(Cl)Cl)C(CN)C1. The zero-order valence-electron chi connectivity index (χ0n) is 8.55. The van der Waals surface area contributed by atoms with Gasteiger partial charge in [-0.1, -0.05) is 30.1 Å². The van der Waals surface area contributed by atoms with Crippen LogP contribution in [0.5, 0.6) is 0 Å². The van der Waals surface area contributed by atoms with Crippen LogP contribution in [-0.4, -0.2) is 30.6 Å². The van der Waals surface area contributed by atoms with Gasteiger partial charge in [0.2, 0.25) is 0 Å². The summed E-state index contributed by atoms with van der Waals surface area (Å²) in [6, 6.07) is 0.489. The molecule has 0 aromatic heterocycles. The van der Waals surface area contributed by atoms with Crippen molar-refractivity contribution >= 4 is 23.2 Å². The molecule has 82 valence electrons. The van der Waals surface area contributed by atoms with Gasteiger partial charge >= 0.3 is 0 Å². The Kier molecular flexibility index (Phi) is 5.24. The van der Waals surface area contributed by atoms with E-state index in [0.717, 1.165) is 25.6 Å². The molecule has 1 saturated heterocycles. The van der Waals surface area contributed by atoms with Crippen LogP contribution in [0.25, 0.3) is 0 Å². The Morgan fingerprint density at radius 2 is 2.29 bits per heavy atom. The molecule has 1 rings (SSSR count). The first-order chi connectivity index (χ1) is 6.63. The van der Waals surface area contributed by atoms with E-state index in [-0.39, 0.29) is 0 Å². The summed E-state index contributed by atoms with van der Waals surface area (Å²) in [5.74, 6) is 0.787. The number of piperidine rings is 1. The van der Waals surface area contributed by atoms with E-state index in [0.29, 0.717) is 10.5 Å². The molecule has 0 radical (unpaired) electrons. The maximum absolute atomic E-state index is 5.73. The molecule has 0 bridgehead atoms. The maximum Gasteiger partial charge on any atom is 0.104 e. The van der Waals surface area contributed by atoms with Crippen LogP contribution in [0.3, 0.4) is 0 Å². The fraction of sp³-hybridized carbons (Fsp3) is 0.800. The van der Waals surface area contributed by atoms with Gasteiger partial charge in [0.05, 0.1) is 0 Å². The summed E-state index contributed by atoms with van der Waals surface area (Å²) >= 11 is 11.2. The molecule has 0 aromatic carbocycles. The Morgan fingerprint density at radius 3 is 2.86 bits per heavy atom. The molecule has 0 spiro atoms. The van der Waals surface area contributed by atoms with Crippen molar-refractivity contribution in [2.24, 2.45) is 11.7 Å². The number of nitrogens with zero attached hydrogens (tertiary/aromatic N) is 1. The van der Waals surface area contributed by atoms with Crippen LogP contribution < -0.4 is 5.73 Å². The second-order valence-electron chi connectivity index (χ2n) is 4.01. The van der Waals surface area contributed by atoms with Crippen LogP contribution in [-0.2, 0) is 0 Å². The number of hydrogen-bond donors (Lipinski definition) is 1. The summed E-state index contributed by atoms with van der Waals surface area (Å²) in [5.41, 5.74) is 5.73. The van der Waals surface area contributed by atoms with Crippen molar-refractivity contribution in [3.05, 3.63) is 10.6 Å². The van der Waals surface area contributed by atoms with E-state index < -0.39 is 0 Å². The van der Waals surface area contributed by atoms with E-state index in [1.807, 2.05) is 6.08 Å². The quantitative estimate of drug-likeness (QED) is 0.816. The molecular formula is C10H18Cl2N2. The lowest BCUT2D eigenvalue weighted by molar-refractivity contribution is 0.137. The van der Waals surface area contributed by atoms with Gasteiger partial charge in [-0.25, -0.2) is 0 Å². The van der Waals surface area contributed by atoms with Crippen LogP contribution in [0.1, 0.15) is 19.8 Å². The highest BCUT2D eigenvalue weighted by molar-refractivity contribution is 6.55. The van der Waals surface area contributed by atoms with Crippen molar-refractivity contribution in [2.45, 2.75) is 25.8 Å². The molecule has 4 heteroatoms. The minimum Gasteiger partial charge on any atom is -0.329 e. The predicted octanol–water partition coefficient (Wildman–Crippen LogP) is 2.36. The highest BCUT2D eigenvalue weighted by atomic mass is 35.5. The smallest absolute Gasteiger partial charge is 0.104 e. The third-order valence-electron chi connectivity index (χ3n) is 2.85. The van der Waals surface area contributed by atoms with Crippen LogP contribution in [0, 0.1) is 5.92 Å². The standard InChI is InChI=1S/C10H18Cl2N2/c1-8-2-4-14(5-3-10(11)12)9(6-8)7-13/h3,8-9H,2,4-7,13H2,1H3. The highest BCUT2D eigenvalue weighted by Crippen LogP contribution is 2.22. The molecule has 0 saturated carbocycles. The molecule has 14 heavy (non-hydrogen) atoms. The minimum atomic E-state index is 0.347. The topological polar surface area (TPSA) is 29.3 Å². The van der Waals surface area contributed by atoms with Gasteiger partial charge in [-0.2, -0.15) is 0 Å². The first kappa shape index (κ1) is 12.3. The monoisotopic (exact) mass is 236 g/mol. The molecule has 1 fully saturated rings. The lowest BCUT2D eigenvalue weighted by atomic mass is 9.92. The Hall–Kier alpha value is 0.240. The number of halogens is 2. The van der Waals surface area contributed by atoms with E-state index in [1.54, 1.807) is 0 Å². The molecular weight excluding hydrogens is 219 g/mol. The predicted molar refractivity (Wildman–Crippen MR) is 62.6 cm³/mol. The molecule has 1 aliphatic rings. The van der Waals surface area contributed by atoms with E-state index in [2.05, 4.69) is 11.8 Å².